The van der Waals surface area contributed by atoms with E-state index in [0.717, 1.165) is 36.9 Å². The molecular weight excluding hydrogens is 366 g/mol. The highest BCUT2D eigenvalue weighted by molar-refractivity contribution is 7.80. The van der Waals surface area contributed by atoms with Crippen molar-refractivity contribution >= 4 is 17.3 Å². The summed E-state index contributed by atoms with van der Waals surface area (Å²) in [6, 6.07) is 23.2. The Hall–Kier alpha value is -2.79. The van der Waals surface area contributed by atoms with E-state index in [1.54, 1.807) is 7.11 Å². The van der Waals surface area contributed by atoms with E-state index < -0.39 is 0 Å². The summed E-state index contributed by atoms with van der Waals surface area (Å²) >= 11 is 5.80. The molecule has 0 spiro atoms. The highest BCUT2D eigenvalue weighted by Gasteiger charge is 2.30. The molecule has 5 heteroatoms. The van der Waals surface area contributed by atoms with Crippen molar-refractivity contribution in [2.75, 3.05) is 20.2 Å². The molecule has 1 N–H and O–H groups in total. The molecule has 0 saturated heterocycles. The van der Waals surface area contributed by atoms with E-state index >= 15 is 0 Å². The van der Waals surface area contributed by atoms with Crippen LogP contribution in [-0.2, 0) is 13.0 Å². The van der Waals surface area contributed by atoms with Gasteiger partial charge in [0.1, 0.15) is 5.75 Å². The minimum atomic E-state index is 0.103. The van der Waals surface area contributed by atoms with Crippen LogP contribution in [0.3, 0.4) is 0 Å². The summed E-state index contributed by atoms with van der Waals surface area (Å²) in [6.45, 7) is 2.65. The fourth-order valence-electron chi connectivity index (χ4n) is 3.80. The highest BCUT2D eigenvalue weighted by atomic mass is 32.1. The second kappa shape index (κ2) is 8.48. The van der Waals surface area contributed by atoms with E-state index in [1.165, 1.54) is 16.8 Å². The Morgan fingerprint density at radius 1 is 1.04 bits per heavy atom. The van der Waals surface area contributed by atoms with Crippen LogP contribution in [0.25, 0.3) is 0 Å². The molecule has 2 heterocycles. The Balaban J connectivity index is 1.51. The number of hydrogen-bond donors (Lipinski definition) is 1. The van der Waals surface area contributed by atoms with Crippen molar-refractivity contribution in [3.63, 3.8) is 0 Å². The maximum Gasteiger partial charge on any atom is 0.169 e. The van der Waals surface area contributed by atoms with Gasteiger partial charge in [0, 0.05) is 31.5 Å². The molecule has 28 heavy (non-hydrogen) atoms. The normalized spacial score (nSPS) is 15.8. The third-order valence-corrected chi connectivity index (χ3v) is 5.64. The molecule has 0 amide bonds. The summed E-state index contributed by atoms with van der Waals surface area (Å²) in [6.07, 6.45) is 3.10. The van der Waals surface area contributed by atoms with Gasteiger partial charge in [0.25, 0.3) is 0 Å². The molecule has 1 aromatic heterocycles. The zero-order chi connectivity index (χ0) is 19.3. The zero-order valence-electron chi connectivity index (χ0n) is 16.0. The largest absolute Gasteiger partial charge is 0.497 e. The number of ether oxygens (including phenoxy) is 1. The van der Waals surface area contributed by atoms with Crippen LogP contribution in [0.15, 0.2) is 72.9 Å². The third kappa shape index (κ3) is 3.90. The average Bonchev–Trinajstić information content (AvgIpc) is 3.23. The quantitative estimate of drug-likeness (QED) is 0.666. The minimum Gasteiger partial charge on any atom is -0.497 e. The Labute approximate surface area is 171 Å². The fraction of sp³-hybridized carbons (Fsp3) is 0.261. The maximum atomic E-state index is 5.80. The number of hydrogen-bond acceptors (Lipinski definition) is 2. The summed E-state index contributed by atoms with van der Waals surface area (Å²) in [4.78, 5) is 2.30. The van der Waals surface area contributed by atoms with Gasteiger partial charge in [0.2, 0.25) is 0 Å². The summed E-state index contributed by atoms with van der Waals surface area (Å²) in [5, 5.41) is 4.28. The van der Waals surface area contributed by atoms with E-state index in [9.17, 15) is 0 Å². The lowest BCUT2D eigenvalue weighted by atomic mass is 10.00. The van der Waals surface area contributed by atoms with Crippen LogP contribution in [0.4, 0.5) is 0 Å². The van der Waals surface area contributed by atoms with Gasteiger partial charge >= 0.3 is 0 Å². The second-order valence-corrected chi connectivity index (χ2v) is 7.35. The van der Waals surface area contributed by atoms with Gasteiger partial charge in [0.15, 0.2) is 5.11 Å². The van der Waals surface area contributed by atoms with Gasteiger partial charge in [-0.2, -0.15) is 0 Å². The summed E-state index contributed by atoms with van der Waals surface area (Å²) in [5.74, 6) is 0.866. The molecule has 4 rings (SSSR count). The van der Waals surface area contributed by atoms with E-state index in [1.807, 2.05) is 18.2 Å². The Bertz CT molecular complexity index is 921. The highest BCUT2D eigenvalue weighted by Crippen LogP contribution is 2.33. The monoisotopic (exact) mass is 391 g/mol. The van der Waals surface area contributed by atoms with Crippen molar-refractivity contribution in [1.29, 1.82) is 0 Å². The molecule has 4 nitrogen and oxygen atoms in total. The first-order chi connectivity index (χ1) is 13.8. The molecule has 0 fully saturated rings. The van der Waals surface area contributed by atoms with Gasteiger partial charge in [0.05, 0.1) is 13.2 Å². The van der Waals surface area contributed by atoms with Crippen LogP contribution < -0.4 is 10.1 Å². The van der Waals surface area contributed by atoms with Crippen molar-refractivity contribution in [2.24, 2.45) is 0 Å². The van der Waals surface area contributed by atoms with Gasteiger partial charge in [-0.15, -0.1) is 0 Å². The zero-order valence-corrected chi connectivity index (χ0v) is 16.9. The molecular formula is C23H25N3OS. The lowest BCUT2D eigenvalue weighted by molar-refractivity contribution is 0.286. The Morgan fingerprint density at radius 3 is 2.57 bits per heavy atom. The number of rotatable bonds is 5. The van der Waals surface area contributed by atoms with E-state index in [0.29, 0.717) is 0 Å². The van der Waals surface area contributed by atoms with Crippen molar-refractivity contribution < 1.29 is 4.74 Å². The fourth-order valence-corrected chi connectivity index (χ4v) is 4.10. The lowest BCUT2D eigenvalue weighted by Gasteiger charge is -2.39. The van der Waals surface area contributed by atoms with Gasteiger partial charge in [-0.05, 0) is 54.0 Å². The van der Waals surface area contributed by atoms with E-state index in [2.05, 4.69) is 69.5 Å². The van der Waals surface area contributed by atoms with Crippen LogP contribution in [0.2, 0.25) is 0 Å². The van der Waals surface area contributed by atoms with Gasteiger partial charge in [-0.25, -0.2) is 0 Å². The number of aromatic nitrogens is 1. The predicted molar refractivity (Wildman–Crippen MR) is 117 cm³/mol. The number of methoxy groups -OCH3 is 1. The Kier molecular flexibility index (Phi) is 5.63. The number of thiocarbonyl (C=S) groups is 1. The number of fused-ring (bicyclic) bond motifs is 1. The van der Waals surface area contributed by atoms with Gasteiger partial charge in [-0.1, -0.05) is 42.5 Å². The van der Waals surface area contributed by atoms with Gasteiger partial charge < -0.3 is 19.5 Å². The molecule has 0 aliphatic carbocycles. The lowest BCUT2D eigenvalue weighted by Crippen LogP contribution is -2.47. The topological polar surface area (TPSA) is 29.4 Å². The standard InChI is InChI=1S/C23H25N3OS/c1-27-20-11-9-19(10-12-20)22-21-8-5-15-25(21)16-17-26(22)23(28)24-14-13-18-6-3-2-4-7-18/h2-12,15,22H,13-14,16-17H2,1H3,(H,24,28)/t22-/m0/s1. The molecule has 2 aromatic carbocycles. The van der Waals surface area contributed by atoms with E-state index in [-0.39, 0.29) is 6.04 Å². The molecule has 3 aromatic rings. The smallest absolute Gasteiger partial charge is 0.169 e. The average molecular weight is 392 g/mol. The molecule has 0 unspecified atom stereocenters. The molecule has 1 aliphatic rings. The van der Waals surface area contributed by atoms with Gasteiger partial charge in [-0.3, -0.25) is 0 Å². The van der Waals surface area contributed by atoms with Crippen LogP contribution in [-0.4, -0.2) is 34.8 Å². The van der Waals surface area contributed by atoms with Crippen molar-refractivity contribution in [3.8, 4) is 5.75 Å². The third-order valence-electron chi connectivity index (χ3n) is 5.26. The van der Waals surface area contributed by atoms with Crippen molar-refractivity contribution in [3.05, 3.63) is 89.7 Å². The molecule has 1 atom stereocenters. The minimum absolute atomic E-state index is 0.103. The molecule has 0 saturated carbocycles. The molecule has 144 valence electrons. The first-order valence-corrected chi connectivity index (χ1v) is 10.0. The SMILES string of the molecule is COc1ccc([C@H]2c3cccn3CCN2C(=S)NCCc2ccccc2)cc1. The summed E-state index contributed by atoms with van der Waals surface area (Å²) < 4.78 is 7.64. The molecule has 0 bridgehead atoms. The first-order valence-electron chi connectivity index (χ1n) is 9.63. The van der Waals surface area contributed by atoms with Crippen LogP contribution in [0.5, 0.6) is 5.75 Å². The summed E-state index contributed by atoms with van der Waals surface area (Å²) in [7, 11) is 1.69. The number of nitrogens with one attached hydrogen (secondary N) is 1. The molecule has 1 aliphatic heterocycles. The Morgan fingerprint density at radius 2 is 1.82 bits per heavy atom. The van der Waals surface area contributed by atoms with Crippen molar-refractivity contribution in [2.45, 2.75) is 19.0 Å². The van der Waals surface area contributed by atoms with Crippen LogP contribution >= 0.6 is 12.2 Å². The maximum absolute atomic E-state index is 5.80. The molecule has 0 radical (unpaired) electrons. The van der Waals surface area contributed by atoms with E-state index in [4.69, 9.17) is 17.0 Å². The van der Waals surface area contributed by atoms with Crippen LogP contribution in [0.1, 0.15) is 22.9 Å². The van der Waals surface area contributed by atoms with Crippen molar-refractivity contribution in [1.82, 2.24) is 14.8 Å². The van der Waals surface area contributed by atoms with Crippen LogP contribution in [0, 0.1) is 0 Å². The summed E-state index contributed by atoms with van der Waals surface area (Å²) in [5.41, 5.74) is 3.80. The number of nitrogens with zero attached hydrogens (tertiary/aromatic N) is 2. The second-order valence-electron chi connectivity index (χ2n) is 6.96. The first kappa shape index (κ1) is 18.6. The number of benzene rings is 2. The predicted octanol–water partition coefficient (Wildman–Crippen LogP) is 4.02.